The van der Waals surface area contributed by atoms with Crippen LogP contribution in [-0.4, -0.2) is 32.6 Å². The van der Waals surface area contributed by atoms with Gasteiger partial charge in [0.05, 0.1) is 16.7 Å². The number of anilines is 1. The molecule has 0 N–H and O–H groups in total. The molecule has 1 aromatic rings. The Bertz CT molecular complexity index is 395. The lowest BCUT2D eigenvalue weighted by Gasteiger charge is -2.20. The van der Waals surface area contributed by atoms with Crippen LogP contribution in [0.4, 0.5) is 5.69 Å². The van der Waals surface area contributed by atoms with Gasteiger partial charge in [-0.05, 0) is 18.6 Å². The fraction of sp³-hybridized carbons (Fsp3) is 0.417. The minimum atomic E-state index is 0.249. The number of carbonyl (C=O) groups excluding carboxylic acids is 1. The first-order valence-corrected chi connectivity index (χ1v) is 5.65. The molecule has 1 aliphatic rings. The van der Waals surface area contributed by atoms with E-state index in [1.807, 2.05) is 12.1 Å². The topological polar surface area (TPSA) is 29.5 Å². The van der Waals surface area contributed by atoms with Crippen molar-refractivity contribution < 1.29 is 9.53 Å². The molecule has 4 heteroatoms. The third kappa shape index (κ3) is 2.06. The normalized spacial score (nSPS) is 20.1. The van der Waals surface area contributed by atoms with Gasteiger partial charge in [-0.1, -0.05) is 17.7 Å². The fourth-order valence-corrected chi connectivity index (χ4v) is 2.27. The molecule has 3 nitrogen and oxygen atoms in total. The van der Waals surface area contributed by atoms with E-state index >= 15 is 0 Å². The molecule has 1 atom stereocenters. The minimum Gasteiger partial charge on any atom is -0.380 e. The maximum absolute atomic E-state index is 11.0. The van der Waals surface area contributed by atoms with E-state index in [1.165, 1.54) is 0 Å². The van der Waals surface area contributed by atoms with E-state index in [9.17, 15) is 4.79 Å². The summed E-state index contributed by atoms with van der Waals surface area (Å²) in [4.78, 5) is 13.2. The summed E-state index contributed by atoms with van der Waals surface area (Å²) in [5, 5.41) is 0.508. The van der Waals surface area contributed by atoms with Crippen LogP contribution in [0.5, 0.6) is 0 Å². The van der Waals surface area contributed by atoms with Crippen molar-refractivity contribution in [2.75, 3.05) is 25.1 Å². The second-order valence-corrected chi connectivity index (χ2v) is 4.29. The molecule has 1 aliphatic heterocycles. The molecule has 0 aliphatic carbocycles. The lowest BCUT2D eigenvalue weighted by Crippen LogP contribution is -2.23. The fourth-order valence-electron chi connectivity index (χ4n) is 2.06. The first kappa shape index (κ1) is 11.4. The van der Waals surface area contributed by atoms with E-state index in [4.69, 9.17) is 16.3 Å². The zero-order valence-corrected chi connectivity index (χ0v) is 9.91. The van der Waals surface area contributed by atoms with Gasteiger partial charge in [-0.15, -0.1) is 0 Å². The lowest BCUT2D eigenvalue weighted by atomic mass is 10.2. The van der Waals surface area contributed by atoms with Gasteiger partial charge in [-0.3, -0.25) is 4.79 Å². The van der Waals surface area contributed by atoms with Crippen molar-refractivity contribution in [3.63, 3.8) is 0 Å². The predicted octanol–water partition coefficient (Wildman–Crippen LogP) is 2.38. The number of halogens is 1. The minimum absolute atomic E-state index is 0.249. The summed E-state index contributed by atoms with van der Waals surface area (Å²) in [7, 11) is 1.72. The molecule has 0 amide bonds. The molecule has 0 aromatic heterocycles. The zero-order valence-electron chi connectivity index (χ0n) is 9.15. The number of aldehydes is 1. The van der Waals surface area contributed by atoms with Gasteiger partial charge in [0.2, 0.25) is 0 Å². The summed E-state index contributed by atoms with van der Waals surface area (Å²) < 4.78 is 5.30. The van der Waals surface area contributed by atoms with E-state index in [-0.39, 0.29) is 6.10 Å². The van der Waals surface area contributed by atoms with E-state index in [0.29, 0.717) is 10.6 Å². The van der Waals surface area contributed by atoms with Crippen molar-refractivity contribution in [3.8, 4) is 0 Å². The van der Waals surface area contributed by atoms with Gasteiger partial charge in [-0.25, -0.2) is 0 Å². The molecule has 2 rings (SSSR count). The summed E-state index contributed by atoms with van der Waals surface area (Å²) in [6.45, 7) is 1.72. The van der Waals surface area contributed by atoms with Gasteiger partial charge in [0.1, 0.15) is 0 Å². The number of nitrogens with zero attached hydrogens (tertiary/aromatic N) is 1. The molecule has 0 radical (unpaired) electrons. The number of rotatable bonds is 3. The maximum atomic E-state index is 11.0. The lowest BCUT2D eigenvalue weighted by molar-refractivity contribution is 0.112. The average molecular weight is 240 g/mol. The zero-order chi connectivity index (χ0) is 11.5. The first-order valence-electron chi connectivity index (χ1n) is 5.27. The summed E-state index contributed by atoms with van der Waals surface area (Å²) in [6.07, 6.45) is 2.05. The van der Waals surface area contributed by atoms with Gasteiger partial charge < -0.3 is 9.64 Å². The smallest absolute Gasteiger partial charge is 0.153 e. The largest absolute Gasteiger partial charge is 0.380 e. The van der Waals surface area contributed by atoms with Gasteiger partial charge in [0.25, 0.3) is 0 Å². The Labute approximate surface area is 100.0 Å². The highest BCUT2D eigenvalue weighted by atomic mass is 35.5. The van der Waals surface area contributed by atoms with Crippen LogP contribution >= 0.6 is 11.6 Å². The highest BCUT2D eigenvalue weighted by Crippen LogP contribution is 2.29. The van der Waals surface area contributed by atoms with Crippen LogP contribution < -0.4 is 4.90 Å². The second kappa shape index (κ2) is 4.85. The predicted molar refractivity (Wildman–Crippen MR) is 64.5 cm³/mol. The van der Waals surface area contributed by atoms with Crippen LogP contribution in [0.2, 0.25) is 5.02 Å². The summed E-state index contributed by atoms with van der Waals surface area (Å²) in [6, 6.07) is 5.52. The third-order valence-corrected chi connectivity index (χ3v) is 3.30. The number of hydrogen-bond donors (Lipinski definition) is 0. The molecule has 0 bridgehead atoms. The van der Waals surface area contributed by atoms with Crippen LogP contribution in [0.3, 0.4) is 0 Å². The van der Waals surface area contributed by atoms with Crippen LogP contribution in [0.15, 0.2) is 18.2 Å². The molecule has 1 fully saturated rings. The van der Waals surface area contributed by atoms with Crippen molar-refractivity contribution in [3.05, 3.63) is 28.8 Å². The molecule has 1 unspecified atom stereocenters. The molecule has 1 aromatic carbocycles. The highest BCUT2D eigenvalue weighted by molar-refractivity contribution is 6.33. The number of benzene rings is 1. The van der Waals surface area contributed by atoms with E-state index in [2.05, 4.69) is 4.90 Å². The monoisotopic (exact) mass is 239 g/mol. The van der Waals surface area contributed by atoms with Gasteiger partial charge in [0, 0.05) is 25.9 Å². The molecule has 0 spiro atoms. The molecule has 86 valence electrons. The number of hydrogen-bond acceptors (Lipinski definition) is 3. The number of methoxy groups -OCH3 is 1. The standard InChI is InChI=1S/C12H14ClNO2/c1-16-9-5-6-14(7-9)12-4-2-3-11(13)10(12)8-15/h2-4,8-9H,5-7H2,1H3. The van der Waals surface area contributed by atoms with Crippen molar-refractivity contribution in [2.24, 2.45) is 0 Å². The van der Waals surface area contributed by atoms with Crippen molar-refractivity contribution in [1.29, 1.82) is 0 Å². The summed E-state index contributed by atoms with van der Waals surface area (Å²) in [5.74, 6) is 0. The van der Waals surface area contributed by atoms with Gasteiger partial charge >= 0.3 is 0 Å². The van der Waals surface area contributed by atoms with Crippen LogP contribution in [-0.2, 0) is 4.74 Å². The highest BCUT2D eigenvalue weighted by Gasteiger charge is 2.24. The summed E-state index contributed by atoms with van der Waals surface area (Å²) in [5.41, 5.74) is 1.47. The molecular weight excluding hydrogens is 226 g/mol. The SMILES string of the molecule is COC1CCN(c2cccc(Cl)c2C=O)C1. The number of ether oxygens (including phenoxy) is 1. The van der Waals surface area contributed by atoms with Gasteiger partial charge in [-0.2, -0.15) is 0 Å². The molecule has 16 heavy (non-hydrogen) atoms. The Morgan fingerprint density at radius 2 is 2.38 bits per heavy atom. The van der Waals surface area contributed by atoms with E-state index in [1.54, 1.807) is 13.2 Å². The molecule has 0 saturated carbocycles. The Kier molecular flexibility index (Phi) is 3.46. The first-order chi connectivity index (χ1) is 7.76. The van der Waals surface area contributed by atoms with Crippen molar-refractivity contribution in [2.45, 2.75) is 12.5 Å². The van der Waals surface area contributed by atoms with Crippen LogP contribution in [0, 0.1) is 0 Å². The second-order valence-electron chi connectivity index (χ2n) is 3.88. The quantitative estimate of drug-likeness (QED) is 0.759. The Morgan fingerprint density at radius 1 is 1.56 bits per heavy atom. The molecule has 1 saturated heterocycles. The van der Waals surface area contributed by atoms with E-state index in [0.717, 1.165) is 31.5 Å². The van der Waals surface area contributed by atoms with Crippen LogP contribution in [0.1, 0.15) is 16.8 Å². The van der Waals surface area contributed by atoms with E-state index < -0.39 is 0 Å². The molecule has 1 heterocycles. The Hall–Kier alpha value is -1.06. The van der Waals surface area contributed by atoms with Crippen molar-refractivity contribution in [1.82, 2.24) is 0 Å². The van der Waals surface area contributed by atoms with Crippen LogP contribution in [0.25, 0.3) is 0 Å². The van der Waals surface area contributed by atoms with Crippen molar-refractivity contribution >= 4 is 23.6 Å². The number of carbonyl (C=O) groups is 1. The average Bonchev–Trinajstić information content (AvgIpc) is 2.77. The Balaban J connectivity index is 2.27. The maximum Gasteiger partial charge on any atom is 0.153 e. The van der Waals surface area contributed by atoms with Gasteiger partial charge in [0.15, 0.2) is 6.29 Å². The summed E-state index contributed by atoms with van der Waals surface area (Å²) >= 11 is 5.99. The third-order valence-electron chi connectivity index (χ3n) is 2.97. The molecular formula is C12H14ClNO2. The Morgan fingerprint density at radius 3 is 3.00 bits per heavy atom.